The number of nitro groups is 1. The predicted octanol–water partition coefficient (Wildman–Crippen LogP) is 2.11. The number of aliphatic hydroxyl groups is 1. The first-order chi connectivity index (χ1) is 8.10. The normalized spacial score (nSPS) is 10.3. The monoisotopic (exact) mass is 238 g/mol. The molecule has 0 atom stereocenters. The molecule has 0 aliphatic heterocycles. The largest absolute Gasteiger partial charge is 0.396 e. The van der Waals surface area contributed by atoms with Crippen LogP contribution in [0.15, 0.2) is 18.2 Å². The van der Waals surface area contributed by atoms with Gasteiger partial charge in [-0.3, -0.25) is 10.1 Å². The Morgan fingerprint density at radius 3 is 2.71 bits per heavy atom. The Morgan fingerprint density at radius 2 is 2.18 bits per heavy atom. The molecule has 0 spiro atoms. The van der Waals surface area contributed by atoms with Crippen molar-refractivity contribution in [3.05, 3.63) is 33.9 Å². The van der Waals surface area contributed by atoms with Crippen LogP contribution in [0.25, 0.3) is 0 Å². The van der Waals surface area contributed by atoms with Crippen LogP contribution < -0.4 is 4.90 Å². The van der Waals surface area contributed by atoms with Crippen LogP contribution in [0.2, 0.25) is 0 Å². The van der Waals surface area contributed by atoms with Crippen molar-refractivity contribution >= 4 is 11.4 Å². The van der Waals surface area contributed by atoms with Crippen molar-refractivity contribution in [1.82, 2.24) is 0 Å². The van der Waals surface area contributed by atoms with Crippen LogP contribution in [0.5, 0.6) is 0 Å². The van der Waals surface area contributed by atoms with Gasteiger partial charge >= 0.3 is 0 Å². The second kappa shape index (κ2) is 6.20. The number of aryl methyl sites for hydroxylation is 1. The highest BCUT2D eigenvalue weighted by Crippen LogP contribution is 2.25. The minimum Gasteiger partial charge on any atom is -0.396 e. The van der Waals surface area contributed by atoms with Gasteiger partial charge in [-0.15, -0.1) is 0 Å². The van der Waals surface area contributed by atoms with E-state index in [-0.39, 0.29) is 17.2 Å². The second-order valence-electron chi connectivity index (χ2n) is 3.88. The molecule has 0 fully saturated rings. The first kappa shape index (κ1) is 13.4. The maximum Gasteiger partial charge on any atom is 0.274 e. The molecule has 1 aromatic carbocycles. The van der Waals surface area contributed by atoms with Gasteiger partial charge in [-0.2, -0.15) is 0 Å². The van der Waals surface area contributed by atoms with Crippen LogP contribution >= 0.6 is 0 Å². The van der Waals surface area contributed by atoms with Gasteiger partial charge < -0.3 is 10.0 Å². The molecule has 0 saturated heterocycles. The van der Waals surface area contributed by atoms with Gasteiger partial charge in [0.25, 0.3) is 5.69 Å². The zero-order chi connectivity index (χ0) is 12.8. The van der Waals surface area contributed by atoms with Crippen molar-refractivity contribution in [2.24, 2.45) is 0 Å². The third-order valence-electron chi connectivity index (χ3n) is 2.72. The third kappa shape index (κ3) is 3.42. The molecular weight excluding hydrogens is 220 g/mol. The summed E-state index contributed by atoms with van der Waals surface area (Å²) < 4.78 is 0. The van der Waals surface area contributed by atoms with Gasteiger partial charge in [-0.25, -0.2) is 0 Å². The van der Waals surface area contributed by atoms with E-state index in [4.69, 9.17) is 5.11 Å². The fourth-order valence-electron chi connectivity index (χ4n) is 1.72. The van der Waals surface area contributed by atoms with Crippen molar-refractivity contribution in [2.45, 2.75) is 20.3 Å². The van der Waals surface area contributed by atoms with Gasteiger partial charge in [-0.05, 0) is 26.3 Å². The number of anilines is 1. The average Bonchev–Trinajstić information content (AvgIpc) is 2.31. The van der Waals surface area contributed by atoms with E-state index in [1.807, 2.05) is 17.9 Å². The lowest BCUT2D eigenvalue weighted by atomic mass is 10.1. The Kier molecular flexibility index (Phi) is 4.90. The first-order valence-corrected chi connectivity index (χ1v) is 5.71. The smallest absolute Gasteiger partial charge is 0.274 e. The molecule has 0 heterocycles. The molecule has 5 nitrogen and oxygen atoms in total. The van der Waals surface area contributed by atoms with E-state index in [2.05, 4.69) is 0 Å². The quantitative estimate of drug-likeness (QED) is 0.609. The molecule has 1 aromatic rings. The number of benzene rings is 1. The molecule has 94 valence electrons. The molecule has 0 aliphatic rings. The second-order valence-corrected chi connectivity index (χ2v) is 3.88. The van der Waals surface area contributed by atoms with Crippen LogP contribution in [0.4, 0.5) is 11.4 Å². The summed E-state index contributed by atoms with van der Waals surface area (Å²) in [6, 6.07) is 5.23. The molecule has 0 aliphatic carbocycles. The minimum absolute atomic E-state index is 0.129. The average molecular weight is 238 g/mol. The van der Waals surface area contributed by atoms with Gasteiger partial charge in [0, 0.05) is 37.0 Å². The van der Waals surface area contributed by atoms with Crippen LogP contribution in [0.1, 0.15) is 18.9 Å². The summed E-state index contributed by atoms with van der Waals surface area (Å²) in [7, 11) is 0. The van der Waals surface area contributed by atoms with E-state index in [0.29, 0.717) is 18.5 Å². The molecule has 1 N–H and O–H groups in total. The highest BCUT2D eigenvalue weighted by molar-refractivity contribution is 5.56. The molecule has 0 amide bonds. The molecule has 5 heteroatoms. The van der Waals surface area contributed by atoms with E-state index in [0.717, 1.165) is 12.2 Å². The minimum atomic E-state index is -0.362. The third-order valence-corrected chi connectivity index (χ3v) is 2.72. The standard InChI is InChI=1S/C12H18N2O3/c1-3-13(7-4-8-15)11-6-5-10(2)12(9-11)14(16)17/h5-6,9,15H,3-4,7-8H2,1-2H3. The van der Waals surface area contributed by atoms with Crippen molar-refractivity contribution in [3.8, 4) is 0 Å². The molecule has 0 unspecified atom stereocenters. The van der Waals surface area contributed by atoms with Gasteiger partial charge in [0.15, 0.2) is 0 Å². The van der Waals surface area contributed by atoms with Gasteiger partial charge in [0.05, 0.1) is 4.92 Å². The zero-order valence-corrected chi connectivity index (χ0v) is 10.2. The molecule has 0 radical (unpaired) electrons. The summed E-state index contributed by atoms with van der Waals surface area (Å²) in [5, 5.41) is 19.7. The van der Waals surface area contributed by atoms with Crippen LogP contribution in [0, 0.1) is 17.0 Å². The first-order valence-electron chi connectivity index (χ1n) is 5.71. The number of hydrogen-bond acceptors (Lipinski definition) is 4. The molecule has 17 heavy (non-hydrogen) atoms. The number of nitrogens with zero attached hydrogens (tertiary/aromatic N) is 2. The lowest BCUT2D eigenvalue weighted by Gasteiger charge is -2.22. The number of nitro benzene ring substituents is 1. The lowest BCUT2D eigenvalue weighted by molar-refractivity contribution is -0.385. The van der Waals surface area contributed by atoms with E-state index in [1.54, 1.807) is 19.1 Å². The maximum atomic E-state index is 10.8. The van der Waals surface area contributed by atoms with Crippen molar-refractivity contribution in [1.29, 1.82) is 0 Å². The van der Waals surface area contributed by atoms with Gasteiger partial charge in [-0.1, -0.05) is 6.07 Å². The van der Waals surface area contributed by atoms with Crippen molar-refractivity contribution < 1.29 is 10.0 Å². The SMILES string of the molecule is CCN(CCCO)c1ccc(C)c([N+](=O)[O-])c1. The number of aliphatic hydroxyl groups excluding tert-OH is 1. The highest BCUT2D eigenvalue weighted by Gasteiger charge is 2.13. The number of rotatable bonds is 6. The Morgan fingerprint density at radius 1 is 1.47 bits per heavy atom. The summed E-state index contributed by atoms with van der Waals surface area (Å²) >= 11 is 0. The van der Waals surface area contributed by atoms with Gasteiger partial charge in [0.2, 0.25) is 0 Å². The molecule has 0 bridgehead atoms. The Balaban J connectivity index is 2.96. The summed E-state index contributed by atoms with van der Waals surface area (Å²) in [5.41, 5.74) is 1.64. The van der Waals surface area contributed by atoms with Crippen molar-refractivity contribution in [3.63, 3.8) is 0 Å². The number of hydrogen-bond donors (Lipinski definition) is 1. The summed E-state index contributed by atoms with van der Waals surface area (Å²) in [6.45, 7) is 5.31. The van der Waals surface area contributed by atoms with E-state index in [1.165, 1.54) is 0 Å². The predicted molar refractivity (Wildman–Crippen MR) is 67.4 cm³/mol. The summed E-state index contributed by atoms with van der Waals surface area (Å²) in [6.07, 6.45) is 0.662. The highest BCUT2D eigenvalue weighted by atomic mass is 16.6. The fourth-order valence-corrected chi connectivity index (χ4v) is 1.72. The van der Waals surface area contributed by atoms with Crippen LogP contribution in [-0.2, 0) is 0 Å². The lowest BCUT2D eigenvalue weighted by Crippen LogP contribution is -2.24. The van der Waals surface area contributed by atoms with Crippen LogP contribution in [-0.4, -0.2) is 29.7 Å². The molecular formula is C12H18N2O3. The summed E-state index contributed by atoms with van der Waals surface area (Å²) in [4.78, 5) is 12.5. The fraction of sp³-hybridized carbons (Fsp3) is 0.500. The Bertz CT molecular complexity index is 393. The maximum absolute atomic E-state index is 10.8. The van der Waals surface area contributed by atoms with Gasteiger partial charge in [0.1, 0.15) is 0 Å². The Labute approximate surface area is 101 Å². The topological polar surface area (TPSA) is 66.6 Å². The molecule has 1 rings (SSSR count). The molecule has 0 aromatic heterocycles. The van der Waals surface area contributed by atoms with E-state index in [9.17, 15) is 10.1 Å². The van der Waals surface area contributed by atoms with E-state index >= 15 is 0 Å². The van der Waals surface area contributed by atoms with Crippen LogP contribution in [0.3, 0.4) is 0 Å². The van der Waals surface area contributed by atoms with Crippen molar-refractivity contribution in [2.75, 3.05) is 24.6 Å². The Hall–Kier alpha value is -1.62. The summed E-state index contributed by atoms with van der Waals surface area (Å²) in [5.74, 6) is 0. The van der Waals surface area contributed by atoms with E-state index < -0.39 is 0 Å². The zero-order valence-electron chi connectivity index (χ0n) is 10.2. The molecule has 0 saturated carbocycles.